The number of anilines is 1. The molecule has 0 radical (unpaired) electrons. The standard InChI is InChI=1S/C23H20FN3O3S/c24-13-6-3-12(4-7-13)5-8-14-20(25)18(16-9-10-17(31-16)23(29)30)19-21(26-14)15-2-1-11-27(15)22(19)28/h3-4,6-7,9-10,15H,1-2,5,8,11,25H2,(H,29,30)/t15-/m0/s1. The predicted molar refractivity (Wildman–Crippen MR) is 116 cm³/mol. The van der Waals surface area contributed by atoms with Crippen molar-refractivity contribution in [1.29, 1.82) is 0 Å². The van der Waals surface area contributed by atoms with Gasteiger partial charge in [0.1, 0.15) is 10.7 Å². The molecule has 8 heteroatoms. The Hall–Kier alpha value is -3.26. The van der Waals surface area contributed by atoms with Gasteiger partial charge in [-0.25, -0.2) is 9.18 Å². The summed E-state index contributed by atoms with van der Waals surface area (Å²) < 4.78 is 13.2. The summed E-state index contributed by atoms with van der Waals surface area (Å²) in [6.07, 6.45) is 2.96. The van der Waals surface area contributed by atoms with Gasteiger partial charge in [-0.1, -0.05) is 12.1 Å². The van der Waals surface area contributed by atoms with Crippen molar-refractivity contribution < 1.29 is 19.1 Å². The Labute approximate surface area is 182 Å². The number of hydrogen-bond donors (Lipinski definition) is 2. The zero-order chi connectivity index (χ0) is 21.7. The van der Waals surface area contributed by atoms with Crippen LogP contribution in [0.2, 0.25) is 0 Å². The van der Waals surface area contributed by atoms with Crippen LogP contribution in [0.1, 0.15) is 55.9 Å². The number of aromatic carboxylic acids is 1. The van der Waals surface area contributed by atoms with Crippen LogP contribution in [0.15, 0.2) is 36.4 Å². The molecule has 158 valence electrons. The number of benzene rings is 1. The third-order valence-electron chi connectivity index (χ3n) is 6.01. The average Bonchev–Trinajstić information content (AvgIpc) is 3.47. The van der Waals surface area contributed by atoms with Crippen LogP contribution >= 0.6 is 11.3 Å². The van der Waals surface area contributed by atoms with Gasteiger partial charge < -0.3 is 15.7 Å². The van der Waals surface area contributed by atoms with Crippen molar-refractivity contribution in [1.82, 2.24) is 9.88 Å². The van der Waals surface area contributed by atoms with E-state index in [1.54, 1.807) is 18.2 Å². The Kier molecular flexibility index (Phi) is 4.74. The third-order valence-corrected chi connectivity index (χ3v) is 7.10. The van der Waals surface area contributed by atoms with E-state index in [1.807, 2.05) is 4.90 Å². The summed E-state index contributed by atoms with van der Waals surface area (Å²) in [4.78, 5) is 32.1. The number of amides is 1. The molecule has 1 saturated heterocycles. The molecular weight excluding hydrogens is 417 g/mol. The van der Waals surface area contributed by atoms with Gasteiger partial charge in [0.05, 0.1) is 28.7 Å². The maximum absolute atomic E-state index is 13.2. The lowest BCUT2D eigenvalue weighted by Crippen LogP contribution is -2.22. The lowest BCUT2D eigenvalue weighted by atomic mass is 9.97. The number of nitrogens with zero attached hydrogens (tertiary/aromatic N) is 2. The molecule has 2 aliphatic rings. The number of carboxylic acid groups (broad SMARTS) is 1. The molecule has 5 rings (SSSR count). The summed E-state index contributed by atoms with van der Waals surface area (Å²) in [5.41, 5.74) is 10.4. The Morgan fingerprint density at radius 3 is 2.68 bits per heavy atom. The number of rotatable bonds is 5. The number of carboxylic acids is 1. The van der Waals surface area contributed by atoms with Gasteiger partial charge in [-0.3, -0.25) is 9.78 Å². The summed E-state index contributed by atoms with van der Waals surface area (Å²) >= 11 is 1.11. The van der Waals surface area contributed by atoms with E-state index in [1.165, 1.54) is 18.2 Å². The fourth-order valence-corrected chi connectivity index (χ4v) is 5.42. The summed E-state index contributed by atoms with van der Waals surface area (Å²) in [6, 6.07) is 9.52. The molecule has 2 aromatic heterocycles. The second-order valence-electron chi connectivity index (χ2n) is 7.86. The number of carbonyl (C=O) groups excluding carboxylic acids is 1. The first kappa shape index (κ1) is 19.7. The molecule has 6 nitrogen and oxygen atoms in total. The fourth-order valence-electron chi connectivity index (χ4n) is 4.51. The van der Waals surface area contributed by atoms with Gasteiger partial charge >= 0.3 is 5.97 Å². The van der Waals surface area contributed by atoms with Crippen LogP contribution in [0.25, 0.3) is 10.4 Å². The van der Waals surface area contributed by atoms with Gasteiger partial charge in [-0.05, 0) is 55.5 Å². The highest BCUT2D eigenvalue weighted by Crippen LogP contribution is 2.47. The highest BCUT2D eigenvalue weighted by atomic mass is 32.1. The van der Waals surface area contributed by atoms with E-state index in [0.717, 1.165) is 35.4 Å². The number of halogens is 1. The van der Waals surface area contributed by atoms with E-state index < -0.39 is 5.97 Å². The zero-order valence-electron chi connectivity index (χ0n) is 16.6. The van der Waals surface area contributed by atoms with Crippen molar-refractivity contribution in [3.8, 4) is 10.4 Å². The molecule has 0 aliphatic carbocycles. The summed E-state index contributed by atoms with van der Waals surface area (Å²) in [5.74, 6) is -1.38. The van der Waals surface area contributed by atoms with Gasteiger partial charge in [0.2, 0.25) is 0 Å². The zero-order valence-corrected chi connectivity index (χ0v) is 17.4. The van der Waals surface area contributed by atoms with Gasteiger partial charge in [0.15, 0.2) is 0 Å². The number of carbonyl (C=O) groups is 2. The summed E-state index contributed by atoms with van der Waals surface area (Å²) in [6.45, 7) is 0.689. The average molecular weight is 437 g/mol. The molecule has 3 aromatic rings. The lowest BCUT2D eigenvalue weighted by molar-refractivity contribution is 0.0701. The Morgan fingerprint density at radius 1 is 1.19 bits per heavy atom. The first-order valence-corrected chi connectivity index (χ1v) is 11.0. The molecule has 2 aliphatic heterocycles. The van der Waals surface area contributed by atoms with E-state index >= 15 is 0 Å². The van der Waals surface area contributed by atoms with Crippen LogP contribution in [0.4, 0.5) is 10.1 Å². The third kappa shape index (κ3) is 3.27. The van der Waals surface area contributed by atoms with Gasteiger partial charge in [-0.2, -0.15) is 0 Å². The maximum atomic E-state index is 13.2. The molecule has 0 spiro atoms. The SMILES string of the molecule is Nc1c(CCc2ccc(F)cc2)nc2c(c1-c1ccc(C(=O)O)s1)C(=O)N1CCC[C@@H]21. The van der Waals surface area contributed by atoms with Gasteiger partial charge in [0.25, 0.3) is 5.91 Å². The minimum Gasteiger partial charge on any atom is -0.477 e. The van der Waals surface area contributed by atoms with Crippen molar-refractivity contribution in [3.05, 3.63) is 69.6 Å². The number of nitrogen functional groups attached to an aromatic ring is 1. The molecular formula is C23H20FN3O3S. The quantitative estimate of drug-likeness (QED) is 0.620. The van der Waals surface area contributed by atoms with Gasteiger partial charge in [-0.15, -0.1) is 11.3 Å². The first-order valence-electron chi connectivity index (χ1n) is 10.1. The van der Waals surface area contributed by atoms with E-state index in [4.69, 9.17) is 10.7 Å². The molecule has 1 amide bonds. The number of aromatic nitrogens is 1. The van der Waals surface area contributed by atoms with Crippen LogP contribution < -0.4 is 5.73 Å². The Balaban J connectivity index is 1.61. The molecule has 31 heavy (non-hydrogen) atoms. The summed E-state index contributed by atoms with van der Waals surface area (Å²) in [5, 5.41) is 9.34. The molecule has 3 N–H and O–H groups in total. The van der Waals surface area contributed by atoms with Crippen LogP contribution in [-0.2, 0) is 12.8 Å². The number of thiophene rings is 1. The van der Waals surface area contributed by atoms with Crippen molar-refractivity contribution >= 4 is 28.9 Å². The van der Waals surface area contributed by atoms with E-state index in [9.17, 15) is 19.1 Å². The van der Waals surface area contributed by atoms with E-state index in [0.29, 0.717) is 46.8 Å². The fraction of sp³-hybridized carbons (Fsp3) is 0.261. The topological polar surface area (TPSA) is 96.5 Å². The number of aryl methyl sites for hydroxylation is 2. The van der Waals surface area contributed by atoms with Gasteiger partial charge in [0, 0.05) is 17.0 Å². The van der Waals surface area contributed by atoms with Crippen molar-refractivity contribution in [2.75, 3.05) is 12.3 Å². The van der Waals surface area contributed by atoms with Crippen LogP contribution in [-0.4, -0.2) is 33.4 Å². The van der Waals surface area contributed by atoms with Crippen LogP contribution in [0.3, 0.4) is 0 Å². The normalized spacial score (nSPS) is 17.1. The number of hydrogen-bond acceptors (Lipinski definition) is 5. The smallest absolute Gasteiger partial charge is 0.345 e. The molecule has 4 heterocycles. The summed E-state index contributed by atoms with van der Waals surface area (Å²) in [7, 11) is 0. The molecule has 0 bridgehead atoms. The van der Waals surface area contributed by atoms with Crippen LogP contribution in [0, 0.1) is 5.82 Å². The van der Waals surface area contributed by atoms with Crippen LogP contribution in [0.5, 0.6) is 0 Å². The van der Waals surface area contributed by atoms with E-state index in [2.05, 4.69) is 0 Å². The number of pyridine rings is 1. The first-order chi connectivity index (χ1) is 14.9. The minimum atomic E-state index is -1.01. The number of nitrogens with two attached hydrogens (primary N) is 1. The molecule has 1 fully saturated rings. The molecule has 0 unspecified atom stereocenters. The Morgan fingerprint density at radius 2 is 1.97 bits per heavy atom. The van der Waals surface area contributed by atoms with Crippen molar-refractivity contribution in [2.45, 2.75) is 31.7 Å². The largest absolute Gasteiger partial charge is 0.477 e. The molecule has 1 atom stereocenters. The molecule has 1 aromatic carbocycles. The second kappa shape index (κ2) is 7.46. The van der Waals surface area contributed by atoms with Crippen molar-refractivity contribution in [3.63, 3.8) is 0 Å². The molecule has 0 saturated carbocycles. The monoisotopic (exact) mass is 437 g/mol. The predicted octanol–water partition coefficient (Wildman–Crippen LogP) is 4.31. The lowest BCUT2D eigenvalue weighted by Gasteiger charge is -2.15. The Bertz CT molecular complexity index is 1210. The minimum absolute atomic E-state index is 0.0506. The highest BCUT2D eigenvalue weighted by Gasteiger charge is 2.43. The second-order valence-corrected chi connectivity index (χ2v) is 8.94. The highest BCUT2D eigenvalue weighted by molar-refractivity contribution is 7.17. The van der Waals surface area contributed by atoms with E-state index in [-0.39, 0.29) is 22.6 Å². The number of fused-ring (bicyclic) bond motifs is 3. The maximum Gasteiger partial charge on any atom is 0.345 e. The van der Waals surface area contributed by atoms with Crippen molar-refractivity contribution in [2.24, 2.45) is 0 Å².